The third-order valence-corrected chi connectivity index (χ3v) is 4.82. The van der Waals surface area contributed by atoms with Gasteiger partial charge in [-0.25, -0.2) is 9.11 Å². The highest BCUT2D eigenvalue weighted by molar-refractivity contribution is 7.97. The van der Waals surface area contributed by atoms with Gasteiger partial charge in [0.1, 0.15) is 22.9 Å². The Balaban J connectivity index is 1.80. The van der Waals surface area contributed by atoms with Gasteiger partial charge in [-0.15, -0.1) is 0 Å². The summed E-state index contributed by atoms with van der Waals surface area (Å²) >= 11 is 1.29. The van der Waals surface area contributed by atoms with Gasteiger partial charge >= 0.3 is 5.97 Å². The predicted octanol–water partition coefficient (Wildman–Crippen LogP) is 5.25. The van der Waals surface area contributed by atoms with Gasteiger partial charge in [0.2, 0.25) is 0 Å². The van der Waals surface area contributed by atoms with Crippen molar-refractivity contribution in [3.8, 4) is 0 Å². The summed E-state index contributed by atoms with van der Waals surface area (Å²) in [5, 5.41) is 2.04. The Morgan fingerprint density at radius 3 is 2.69 bits per heavy atom. The van der Waals surface area contributed by atoms with Crippen LogP contribution in [0.1, 0.15) is 27.2 Å². The molecule has 3 rings (SSSR count). The number of hydrogen-bond donors (Lipinski definition) is 1. The summed E-state index contributed by atoms with van der Waals surface area (Å²) in [6.45, 7) is 4.91. The number of benzene rings is 2. The van der Waals surface area contributed by atoms with Crippen LogP contribution in [-0.4, -0.2) is 24.3 Å². The Hall–Kier alpha value is -2.05. The first-order chi connectivity index (χ1) is 12.4. The first-order valence-corrected chi connectivity index (χ1v) is 9.38. The minimum absolute atomic E-state index is 0.0374. The van der Waals surface area contributed by atoms with Crippen molar-refractivity contribution in [1.29, 1.82) is 0 Å². The molecule has 0 aliphatic carbocycles. The second kappa shape index (κ2) is 7.68. The SMILES string of the molecule is CCOC(=O)C(CC(C)(C)F)NSc1ccc2oc3ccccc3c2c1. The van der Waals surface area contributed by atoms with Crippen molar-refractivity contribution in [2.75, 3.05) is 6.61 Å². The zero-order chi connectivity index (χ0) is 18.7. The first kappa shape index (κ1) is 18.7. The number of alkyl halides is 1. The quantitative estimate of drug-likeness (QED) is 0.451. The van der Waals surface area contributed by atoms with Crippen LogP contribution < -0.4 is 4.72 Å². The lowest BCUT2D eigenvalue weighted by molar-refractivity contribution is -0.146. The van der Waals surface area contributed by atoms with Gasteiger partial charge in [0.05, 0.1) is 6.61 Å². The van der Waals surface area contributed by atoms with E-state index in [4.69, 9.17) is 9.15 Å². The fraction of sp³-hybridized carbons (Fsp3) is 0.350. The molecule has 0 amide bonds. The van der Waals surface area contributed by atoms with Gasteiger partial charge in [0, 0.05) is 22.1 Å². The molecule has 1 heterocycles. The monoisotopic (exact) mass is 375 g/mol. The molecule has 0 bridgehead atoms. The van der Waals surface area contributed by atoms with E-state index in [-0.39, 0.29) is 13.0 Å². The molecule has 1 unspecified atom stereocenters. The van der Waals surface area contributed by atoms with E-state index in [1.54, 1.807) is 6.92 Å². The average Bonchev–Trinajstić information content (AvgIpc) is 2.96. The second-order valence-electron chi connectivity index (χ2n) is 6.70. The van der Waals surface area contributed by atoms with E-state index in [1.807, 2.05) is 42.5 Å². The van der Waals surface area contributed by atoms with Crippen LogP contribution in [0.2, 0.25) is 0 Å². The lowest BCUT2D eigenvalue weighted by atomic mass is 10.0. The minimum Gasteiger partial charge on any atom is -0.465 e. The number of carbonyl (C=O) groups is 1. The molecule has 0 saturated carbocycles. The molecular weight excluding hydrogens is 353 g/mol. The summed E-state index contributed by atoms with van der Waals surface area (Å²) in [6.07, 6.45) is 0.0374. The van der Waals surface area contributed by atoms with Crippen molar-refractivity contribution in [3.05, 3.63) is 42.5 Å². The van der Waals surface area contributed by atoms with E-state index in [2.05, 4.69) is 4.72 Å². The molecule has 0 saturated heterocycles. The summed E-state index contributed by atoms with van der Waals surface area (Å²) in [4.78, 5) is 13.0. The van der Waals surface area contributed by atoms with Crippen molar-refractivity contribution in [2.24, 2.45) is 0 Å². The number of furan rings is 1. The summed E-state index contributed by atoms with van der Waals surface area (Å²) in [5.74, 6) is -0.444. The molecule has 0 spiro atoms. The van der Waals surface area contributed by atoms with E-state index in [0.717, 1.165) is 26.8 Å². The highest BCUT2D eigenvalue weighted by atomic mass is 32.2. The standard InChI is InChI=1S/C20H22FNO3S/c1-4-24-19(23)16(12-20(2,3)21)22-26-13-9-10-18-15(11-13)14-7-5-6-8-17(14)25-18/h5-11,16,22H,4,12H2,1-3H3. The Labute approximate surface area is 156 Å². The number of rotatable bonds is 7. The van der Waals surface area contributed by atoms with Crippen LogP contribution in [0.5, 0.6) is 0 Å². The van der Waals surface area contributed by atoms with Crippen LogP contribution >= 0.6 is 11.9 Å². The predicted molar refractivity (Wildman–Crippen MR) is 103 cm³/mol. The van der Waals surface area contributed by atoms with Crippen molar-refractivity contribution in [2.45, 2.75) is 43.8 Å². The van der Waals surface area contributed by atoms with Crippen LogP contribution in [0.15, 0.2) is 51.8 Å². The van der Waals surface area contributed by atoms with Gasteiger partial charge in [-0.2, -0.15) is 0 Å². The van der Waals surface area contributed by atoms with Gasteiger partial charge in [-0.05, 0) is 57.0 Å². The Morgan fingerprint density at radius 1 is 1.23 bits per heavy atom. The molecule has 26 heavy (non-hydrogen) atoms. The molecule has 0 fully saturated rings. The smallest absolute Gasteiger partial charge is 0.324 e. The average molecular weight is 375 g/mol. The van der Waals surface area contributed by atoms with Crippen LogP contribution in [0.4, 0.5) is 4.39 Å². The Kier molecular flexibility index (Phi) is 5.53. The normalized spacial score (nSPS) is 13.2. The number of para-hydroxylation sites is 1. The number of esters is 1. The molecule has 3 aromatic rings. The van der Waals surface area contributed by atoms with E-state index in [9.17, 15) is 9.18 Å². The molecule has 1 N–H and O–H groups in total. The van der Waals surface area contributed by atoms with Gasteiger partial charge in [0.15, 0.2) is 0 Å². The molecule has 0 aliphatic rings. The van der Waals surface area contributed by atoms with Crippen molar-refractivity contribution < 1.29 is 18.3 Å². The third kappa shape index (κ3) is 4.37. The third-order valence-electron chi connectivity index (χ3n) is 3.93. The highest BCUT2D eigenvalue weighted by Crippen LogP contribution is 2.31. The molecule has 6 heteroatoms. The number of halogens is 1. The van der Waals surface area contributed by atoms with Crippen molar-refractivity contribution in [3.63, 3.8) is 0 Å². The van der Waals surface area contributed by atoms with Crippen molar-refractivity contribution in [1.82, 2.24) is 4.72 Å². The second-order valence-corrected chi connectivity index (χ2v) is 7.61. The maximum atomic E-state index is 14.0. The summed E-state index contributed by atoms with van der Waals surface area (Å²) < 4.78 is 28.0. The van der Waals surface area contributed by atoms with Gasteiger partial charge < -0.3 is 9.15 Å². The van der Waals surface area contributed by atoms with Gasteiger partial charge in [0.25, 0.3) is 0 Å². The van der Waals surface area contributed by atoms with Gasteiger partial charge in [-0.3, -0.25) is 4.79 Å². The summed E-state index contributed by atoms with van der Waals surface area (Å²) in [5.41, 5.74) is 0.166. The minimum atomic E-state index is -1.48. The topological polar surface area (TPSA) is 51.5 Å². The number of carbonyl (C=O) groups excluding carboxylic acids is 1. The zero-order valence-corrected chi connectivity index (χ0v) is 15.9. The number of ether oxygens (including phenoxy) is 1. The van der Waals surface area contributed by atoms with E-state index < -0.39 is 17.7 Å². The molecule has 4 nitrogen and oxygen atoms in total. The first-order valence-electron chi connectivity index (χ1n) is 8.56. The Bertz CT molecular complexity index is 916. The van der Waals surface area contributed by atoms with E-state index in [0.29, 0.717) is 0 Å². The molecular formula is C20H22FNO3S. The molecule has 2 aromatic carbocycles. The van der Waals surface area contributed by atoms with Crippen LogP contribution in [0.25, 0.3) is 21.9 Å². The lowest BCUT2D eigenvalue weighted by Gasteiger charge is -2.22. The summed E-state index contributed by atoms with van der Waals surface area (Å²) in [7, 11) is 0. The molecule has 1 atom stereocenters. The fourth-order valence-electron chi connectivity index (χ4n) is 2.81. The molecule has 1 aromatic heterocycles. The number of hydrogen-bond acceptors (Lipinski definition) is 5. The summed E-state index contributed by atoms with van der Waals surface area (Å²) in [6, 6.07) is 12.9. The van der Waals surface area contributed by atoms with Crippen LogP contribution in [0, 0.1) is 0 Å². The van der Waals surface area contributed by atoms with Crippen molar-refractivity contribution >= 4 is 39.9 Å². The maximum absolute atomic E-state index is 14.0. The van der Waals surface area contributed by atoms with E-state index >= 15 is 0 Å². The maximum Gasteiger partial charge on any atom is 0.324 e. The number of fused-ring (bicyclic) bond motifs is 3. The lowest BCUT2D eigenvalue weighted by Crippen LogP contribution is -2.38. The highest BCUT2D eigenvalue weighted by Gasteiger charge is 2.28. The Morgan fingerprint density at radius 2 is 1.96 bits per heavy atom. The largest absolute Gasteiger partial charge is 0.465 e. The van der Waals surface area contributed by atoms with E-state index in [1.165, 1.54) is 25.8 Å². The molecule has 0 aliphatic heterocycles. The fourth-order valence-corrected chi connectivity index (χ4v) is 3.58. The van der Waals surface area contributed by atoms with Crippen LogP contribution in [0.3, 0.4) is 0 Å². The van der Waals surface area contributed by atoms with Gasteiger partial charge in [-0.1, -0.05) is 18.2 Å². The zero-order valence-electron chi connectivity index (χ0n) is 15.0. The van der Waals surface area contributed by atoms with Crippen LogP contribution in [-0.2, 0) is 9.53 Å². The molecule has 138 valence electrons. The molecule has 0 radical (unpaired) electrons. The number of nitrogens with one attached hydrogen (secondary N) is 1.